The first-order valence-corrected chi connectivity index (χ1v) is 7.09. The number of Topliss-reactive ketones (excluding diaryl/α,β-unsaturated/α-hetero) is 2. The summed E-state index contributed by atoms with van der Waals surface area (Å²) < 4.78 is 33.2. The Bertz CT molecular complexity index is 871. The minimum absolute atomic E-state index is 0. The fourth-order valence-electron chi connectivity index (χ4n) is 2.26. The molecule has 0 N–H and O–H groups in total. The predicted octanol–water partition coefficient (Wildman–Crippen LogP) is -1.36. The van der Waals surface area contributed by atoms with Gasteiger partial charge in [-0.05, 0) is 29.3 Å². The van der Waals surface area contributed by atoms with Crippen LogP contribution in [0.15, 0.2) is 47.4 Å². The molecule has 5 nitrogen and oxygen atoms in total. The Labute approximate surface area is 163 Å². The Kier molecular flexibility index (Phi) is 4.65. The molecule has 1 aliphatic rings. The third-order valence-corrected chi connectivity index (χ3v) is 4.02. The van der Waals surface area contributed by atoms with Crippen molar-refractivity contribution in [1.29, 1.82) is 0 Å². The van der Waals surface area contributed by atoms with Gasteiger partial charge in [0.2, 0.25) is 11.6 Å². The fraction of sp³-hybridized carbons (Fsp3) is 0. The number of carbonyl (C=O) groups is 2. The molecule has 0 aromatic heterocycles. The molecule has 0 unspecified atom stereocenters. The molecule has 0 saturated heterocycles. The molecular weight excluding hydrogens is 319 g/mol. The van der Waals surface area contributed by atoms with Crippen LogP contribution < -0.4 is 51.4 Å². The van der Waals surface area contributed by atoms with Crippen LogP contribution in [0.4, 0.5) is 0 Å². The Hall–Kier alpha value is -0.674. The Morgan fingerprint density at radius 3 is 1.86 bits per heavy atom. The van der Waals surface area contributed by atoms with Gasteiger partial charge >= 0.3 is 51.4 Å². The topological polar surface area (TPSA) is 91.3 Å². The largest absolute Gasteiger partial charge is 1.00 e. The summed E-state index contributed by atoms with van der Waals surface area (Å²) in [5, 5.41) is 0. The molecule has 3 rings (SSSR count). The van der Waals surface area contributed by atoms with Gasteiger partial charge < -0.3 is 4.55 Å². The summed E-state index contributed by atoms with van der Waals surface area (Å²) in [6.45, 7) is 0. The van der Waals surface area contributed by atoms with Gasteiger partial charge in [-0.25, -0.2) is 8.42 Å². The fourth-order valence-corrected chi connectivity index (χ4v) is 2.76. The number of fused-ring (bicyclic) bond motifs is 3. The first-order chi connectivity index (χ1) is 9.39. The predicted molar refractivity (Wildman–Crippen MR) is 68.5 cm³/mol. The van der Waals surface area contributed by atoms with E-state index >= 15 is 0 Å². The van der Waals surface area contributed by atoms with Gasteiger partial charge in [0.15, 0.2) is 0 Å². The summed E-state index contributed by atoms with van der Waals surface area (Å²) in [6.07, 6.45) is 0. The van der Waals surface area contributed by atoms with Crippen LogP contribution in [0.3, 0.4) is 0 Å². The van der Waals surface area contributed by atoms with Crippen molar-refractivity contribution in [3.8, 4) is 11.1 Å². The second kappa shape index (κ2) is 5.84. The number of ketones is 2. The van der Waals surface area contributed by atoms with E-state index in [0.717, 1.165) is 12.1 Å². The van der Waals surface area contributed by atoms with E-state index in [1.54, 1.807) is 18.2 Å². The van der Waals surface area contributed by atoms with Crippen LogP contribution in [0.5, 0.6) is 0 Å². The minimum atomic E-state index is -4.62. The molecule has 0 amide bonds. The van der Waals surface area contributed by atoms with Crippen molar-refractivity contribution in [2.75, 3.05) is 0 Å². The van der Waals surface area contributed by atoms with E-state index < -0.39 is 26.6 Å². The van der Waals surface area contributed by atoms with Crippen molar-refractivity contribution in [3.05, 3.63) is 53.6 Å². The molecule has 0 aliphatic heterocycles. The molecule has 7 heteroatoms. The maximum atomic E-state index is 12.0. The van der Waals surface area contributed by atoms with Crippen molar-refractivity contribution < 1.29 is 73.9 Å². The summed E-state index contributed by atoms with van der Waals surface area (Å²) in [5.74, 6) is -1.33. The number of hydrogen-bond donors (Lipinski definition) is 0. The molecule has 0 spiro atoms. The molecule has 1 aliphatic carbocycles. The zero-order chi connectivity index (χ0) is 14.5. The van der Waals surface area contributed by atoms with Crippen molar-refractivity contribution >= 4 is 21.7 Å². The van der Waals surface area contributed by atoms with E-state index in [-0.39, 0.29) is 62.5 Å². The van der Waals surface area contributed by atoms with Crippen molar-refractivity contribution in [3.63, 3.8) is 0 Å². The van der Waals surface area contributed by atoms with E-state index in [4.69, 9.17) is 0 Å². The first kappa shape index (κ1) is 16.7. The van der Waals surface area contributed by atoms with Gasteiger partial charge in [0, 0.05) is 11.1 Å². The second-order valence-electron chi connectivity index (χ2n) is 4.37. The van der Waals surface area contributed by atoms with Crippen LogP contribution in [0.25, 0.3) is 11.1 Å². The van der Waals surface area contributed by atoms with Crippen molar-refractivity contribution in [1.82, 2.24) is 0 Å². The molecule has 2 aromatic rings. The number of benzene rings is 2. The van der Waals surface area contributed by atoms with E-state index in [2.05, 4.69) is 0 Å². The van der Waals surface area contributed by atoms with E-state index in [1.807, 2.05) is 0 Å². The molecule has 0 fully saturated rings. The molecule has 2 aromatic carbocycles. The van der Waals surface area contributed by atoms with Gasteiger partial charge in [-0.3, -0.25) is 9.59 Å². The average Bonchev–Trinajstić information content (AvgIpc) is 2.43. The molecular formula is C14H7KO5S. The zero-order valence-electron chi connectivity index (χ0n) is 11.0. The third kappa shape index (κ3) is 2.82. The van der Waals surface area contributed by atoms with Crippen molar-refractivity contribution in [2.45, 2.75) is 4.90 Å². The van der Waals surface area contributed by atoms with Crippen LogP contribution in [0.2, 0.25) is 0 Å². The quantitative estimate of drug-likeness (QED) is 0.367. The number of carbonyl (C=O) groups excluding carboxylic acids is 2. The van der Waals surface area contributed by atoms with Crippen molar-refractivity contribution in [2.24, 2.45) is 0 Å². The Balaban J connectivity index is 0.00000161. The van der Waals surface area contributed by atoms with Crippen LogP contribution in [-0.4, -0.2) is 24.5 Å². The first-order valence-electron chi connectivity index (χ1n) is 5.68. The molecule has 0 atom stereocenters. The molecule has 0 saturated carbocycles. The standard InChI is InChI=1S/C14H8O5S.K/c15-13-10-4-2-1-3-9(10)12-7-8(20(17,18)19)5-6-11(12)14(13)16;/h1-7H,(H,17,18,19);/q;+1/p-1. The summed E-state index contributed by atoms with van der Waals surface area (Å²) >= 11 is 0. The summed E-state index contributed by atoms with van der Waals surface area (Å²) in [6, 6.07) is 9.78. The van der Waals surface area contributed by atoms with E-state index in [9.17, 15) is 22.6 Å². The third-order valence-electron chi connectivity index (χ3n) is 3.19. The van der Waals surface area contributed by atoms with Gasteiger partial charge in [-0.2, -0.15) is 0 Å². The van der Waals surface area contributed by atoms with Gasteiger partial charge in [-0.15, -0.1) is 0 Å². The molecule has 21 heavy (non-hydrogen) atoms. The zero-order valence-corrected chi connectivity index (χ0v) is 14.9. The molecule has 100 valence electrons. The van der Waals surface area contributed by atoms with Crippen LogP contribution in [0.1, 0.15) is 20.7 Å². The number of rotatable bonds is 1. The van der Waals surface area contributed by atoms with Gasteiger partial charge in [0.1, 0.15) is 10.1 Å². The Morgan fingerprint density at radius 2 is 1.29 bits per heavy atom. The second-order valence-corrected chi connectivity index (χ2v) is 5.74. The summed E-state index contributed by atoms with van der Waals surface area (Å²) in [4.78, 5) is 23.5. The van der Waals surface area contributed by atoms with Crippen LogP contribution in [-0.2, 0) is 10.1 Å². The van der Waals surface area contributed by atoms with E-state index in [1.165, 1.54) is 12.1 Å². The maximum absolute atomic E-state index is 12.0. The van der Waals surface area contributed by atoms with Crippen LogP contribution >= 0.6 is 0 Å². The van der Waals surface area contributed by atoms with E-state index in [0.29, 0.717) is 11.1 Å². The van der Waals surface area contributed by atoms with Gasteiger partial charge in [0.05, 0.1) is 4.90 Å². The average molecular weight is 326 g/mol. The normalized spacial score (nSPS) is 13.2. The number of hydrogen-bond acceptors (Lipinski definition) is 5. The van der Waals surface area contributed by atoms with Gasteiger partial charge in [0.25, 0.3) is 0 Å². The monoisotopic (exact) mass is 326 g/mol. The Morgan fingerprint density at radius 1 is 0.762 bits per heavy atom. The van der Waals surface area contributed by atoms with Crippen LogP contribution in [0, 0.1) is 0 Å². The molecule has 0 bridgehead atoms. The smallest absolute Gasteiger partial charge is 0.744 e. The summed E-state index contributed by atoms with van der Waals surface area (Å²) in [5.41, 5.74) is 1.08. The summed E-state index contributed by atoms with van der Waals surface area (Å²) in [7, 11) is -4.62. The maximum Gasteiger partial charge on any atom is 1.00 e. The SMILES string of the molecule is O=C1C(=O)c2ccc(S(=O)(=O)[O-])cc2-c2ccccc21.[K+]. The molecule has 0 heterocycles. The minimum Gasteiger partial charge on any atom is -0.744 e. The molecule has 0 radical (unpaired) electrons. The van der Waals surface area contributed by atoms with Gasteiger partial charge in [-0.1, -0.05) is 24.3 Å².